The van der Waals surface area contributed by atoms with Crippen molar-refractivity contribution in [2.24, 2.45) is 0 Å². The molecule has 0 saturated heterocycles. The van der Waals surface area contributed by atoms with Gasteiger partial charge in [0.05, 0.1) is 5.56 Å². The molecule has 1 amide bonds. The average molecular weight is 403 g/mol. The second-order valence-electron chi connectivity index (χ2n) is 4.88. The summed E-state index contributed by atoms with van der Waals surface area (Å²) in [6.45, 7) is 3.81. The minimum Gasteiger partial charge on any atom is -0.469 e. The molecule has 0 aromatic heterocycles. The van der Waals surface area contributed by atoms with Gasteiger partial charge in [-0.15, -0.1) is 23.2 Å². The Hall–Kier alpha value is -0.000000000000000222. The fourth-order valence-corrected chi connectivity index (χ4v) is 3.49. The number of nitrogens with zero attached hydrogens (tertiary/aromatic N) is 1. The molecule has 1 atom stereocenters. The van der Waals surface area contributed by atoms with E-state index < -0.39 is 14.7 Å². The number of aryl methyl sites for hydroxylation is 1. The van der Waals surface area contributed by atoms with Crippen molar-refractivity contribution < 1.29 is 9.53 Å². The van der Waals surface area contributed by atoms with Crippen LogP contribution >= 0.6 is 58.4 Å². The van der Waals surface area contributed by atoms with Gasteiger partial charge >= 0.3 is 0 Å². The highest BCUT2D eigenvalue weighted by Crippen LogP contribution is 2.47. The van der Waals surface area contributed by atoms with Gasteiger partial charge in [-0.3, -0.25) is 4.79 Å². The number of carbonyl (C=O) groups is 1. The summed E-state index contributed by atoms with van der Waals surface area (Å²) in [4.78, 5) is 11.6. The first-order chi connectivity index (χ1) is 10.3. The molecule has 122 valence electrons. The van der Waals surface area contributed by atoms with Crippen LogP contribution in [-0.4, -0.2) is 24.9 Å². The zero-order chi connectivity index (χ0) is 16.5. The highest BCUT2D eigenvalue weighted by molar-refractivity contribution is 8.01. The minimum absolute atomic E-state index is 0.226. The van der Waals surface area contributed by atoms with Crippen molar-refractivity contribution in [2.45, 2.75) is 41.4 Å². The number of halogens is 4. The van der Waals surface area contributed by atoms with Gasteiger partial charge in [-0.25, -0.2) is 4.31 Å². The maximum atomic E-state index is 12.7. The predicted molar refractivity (Wildman–Crippen MR) is 94.2 cm³/mol. The number of ether oxygens (including phenoxy) is 1. The summed E-state index contributed by atoms with van der Waals surface area (Å²) in [6.07, 6.45) is 1.35. The molecular weight excluding hydrogens is 388 g/mol. The van der Waals surface area contributed by atoms with Crippen molar-refractivity contribution in [3.8, 4) is 5.75 Å². The number of hydrogen-bond acceptors (Lipinski definition) is 3. The van der Waals surface area contributed by atoms with Crippen LogP contribution in [0.4, 0.5) is 0 Å². The van der Waals surface area contributed by atoms with Gasteiger partial charge in [0.2, 0.25) is 3.67 Å². The monoisotopic (exact) mass is 401 g/mol. The van der Waals surface area contributed by atoms with Crippen LogP contribution in [0.25, 0.3) is 0 Å². The SMILES string of the molecule is CCCc1ccc2c(c1)C(=O)N(SC(Cl)(Cl)C(Cl)Cl)C(C)O2. The molecule has 8 heteroatoms. The summed E-state index contributed by atoms with van der Waals surface area (Å²) in [6, 6.07) is 5.62. The van der Waals surface area contributed by atoms with Crippen molar-refractivity contribution in [1.29, 1.82) is 0 Å². The molecule has 0 saturated carbocycles. The molecule has 0 fully saturated rings. The second-order valence-corrected chi connectivity index (χ2v) is 9.03. The van der Waals surface area contributed by atoms with Crippen LogP contribution in [0.1, 0.15) is 36.2 Å². The Balaban J connectivity index is 2.29. The minimum atomic E-state index is -1.55. The molecule has 1 aromatic carbocycles. The van der Waals surface area contributed by atoms with Crippen LogP contribution in [0.2, 0.25) is 0 Å². The smallest absolute Gasteiger partial charge is 0.270 e. The lowest BCUT2D eigenvalue weighted by atomic mass is 10.0. The molecule has 1 unspecified atom stereocenters. The highest BCUT2D eigenvalue weighted by Gasteiger charge is 2.42. The molecule has 0 radical (unpaired) electrons. The molecule has 0 bridgehead atoms. The third-order valence-corrected chi connectivity index (χ3v) is 6.46. The maximum Gasteiger partial charge on any atom is 0.270 e. The first kappa shape index (κ1) is 18.3. The molecule has 1 aliphatic heterocycles. The summed E-state index contributed by atoms with van der Waals surface area (Å²) in [5.74, 6) is 0.327. The summed E-state index contributed by atoms with van der Waals surface area (Å²) < 4.78 is 5.56. The van der Waals surface area contributed by atoms with Crippen LogP contribution < -0.4 is 4.74 Å². The van der Waals surface area contributed by atoms with E-state index in [1.54, 1.807) is 6.92 Å². The average Bonchev–Trinajstić information content (AvgIpc) is 2.44. The fraction of sp³-hybridized carbons (Fsp3) is 0.500. The molecule has 2 rings (SSSR count). The Bertz CT molecular complexity index is 568. The van der Waals surface area contributed by atoms with Gasteiger partial charge in [0.25, 0.3) is 5.91 Å². The predicted octanol–water partition coefficient (Wildman–Crippen LogP) is 5.40. The Morgan fingerprint density at radius 1 is 1.41 bits per heavy atom. The second kappa shape index (κ2) is 7.27. The van der Waals surface area contributed by atoms with Gasteiger partial charge in [-0.2, -0.15) is 0 Å². The third kappa shape index (κ3) is 3.90. The van der Waals surface area contributed by atoms with Crippen LogP contribution in [0.15, 0.2) is 18.2 Å². The van der Waals surface area contributed by atoms with Gasteiger partial charge in [-0.1, -0.05) is 42.6 Å². The fourth-order valence-electron chi connectivity index (χ4n) is 2.09. The summed E-state index contributed by atoms with van der Waals surface area (Å²) in [7, 11) is 0. The number of benzene rings is 1. The molecule has 0 N–H and O–H groups in total. The Labute approximate surface area is 154 Å². The number of rotatable bonds is 5. The Kier molecular flexibility index (Phi) is 6.06. The summed E-state index contributed by atoms with van der Waals surface area (Å²) in [5, 5.41) is 0. The van der Waals surface area contributed by atoms with E-state index in [0.717, 1.165) is 30.4 Å². The number of carbonyl (C=O) groups excluding carboxylic acids is 1. The maximum absolute atomic E-state index is 12.7. The topological polar surface area (TPSA) is 29.5 Å². The van der Waals surface area contributed by atoms with Gasteiger partial charge in [0.1, 0.15) is 5.75 Å². The molecule has 22 heavy (non-hydrogen) atoms. The van der Waals surface area contributed by atoms with Gasteiger partial charge in [0.15, 0.2) is 11.1 Å². The number of amides is 1. The van der Waals surface area contributed by atoms with Crippen molar-refractivity contribution >= 4 is 64.3 Å². The van der Waals surface area contributed by atoms with Crippen molar-refractivity contribution in [3.63, 3.8) is 0 Å². The third-order valence-electron chi connectivity index (χ3n) is 3.12. The largest absolute Gasteiger partial charge is 0.469 e. The quantitative estimate of drug-likeness (QED) is 0.487. The molecule has 1 aliphatic rings. The first-order valence-corrected chi connectivity index (χ1v) is 9.14. The van der Waals surface area contributed by atoms with Gasteiger partial charge in [0, 0.05) is 0 Å². The van der Waals surface area contributed by atoms with Gasteiger partial charge in [-0.05, 0) is 43.0 Å². The number of fused-ring (bicyclic) bond motifs is 1. The molecule has 1 heterocycles. The molecule has 1 aromatic rings. The molecule has 0 spiro atoms. The highest BCUT2D eigenvalue weighted by atomic mass is 35.5. The van der Waals surface area contributed by atoms with E-state index in [4.69, 9.17) is 51.1 Å². The summed E-state index contributed by atoms with van der Waals surface area (Å²) >= 11 is 24.5. The van der Waals surface area contributed by atoms with E-state index in [-0.39, 0.29) is 5.91 Å². The van der Waals surface area contributed by atoms with Gasteiger partial charge < -0.3 is 4.74 Å². The molecular formula is C14H15Cl4NO2S. The van der Waals surface area contributed by atoms with E-state index in [1.165, 1.54) is 4.31 Å². The Morgan fingerprint density at radius 3 is 2.68 bits per heavy atom. The van der Waals surface area contributed by atoms with Crippen molar-refractivity contribution in [3.05, 3.63) is 29.3 Å². The zero-order valence-corrected chi connectivity index (χ0v) is 15.8. The van der Waals surface area contributed by atoms with Crippen LogP contribution in [0.5, 0.6) is 5.75 Å². The van der Waals surface area contributed by atoms with E-state index in [1.807, 2.05) is 18.2 Å². The van der Waals surface area contributed by atoms with E-state index in [0.29, 0.717) is 11.3 Å². The summed E-state index contributed by atoms with van der Waals surface area (Å²) in [5.41, 5.74) is 1.56. The van der Waals surface area contributed by atoms with Crippen molar-refractivity contribution in [2.75, 3.05) is 0 Å². The number of hydrogen-bond donors (Lipinski definition) is 0. The lowest BCUT2D eigenvalue weighted by molar-refractivity contribution is 0.0535. The normalized spacial score (nSPS) is 18.4. The van der Waals surface area contributed by atoms with Crippen molar-refractivity contribution in [1.82, 2.24) is 4.31 Å². The Morgan fingerprint density at radius 2 is 2.09 bits per heavy atom. The lowest BCUT2D eigenvalue weighted by Crippen LogP contribution is -2.43. The van der Waals surface area contributed by atoms with Crippen LogP contribution in [0.3, 0.4) is 0 Å². The first-order valence-electron chi connectivity index (χ1n) is 6.74. The van der Waals surface area contributed by atoms with E-state index in [9.17, 15) is 4.79 Å². The van der Waals surface area contributed by atoms with Crippen LogP contribution in [-0.2, 0) is 6.42 Å². The standard InChI is InChI=1S/C14H15Cl4NO2S/c1-3-4-9-5-6-11-10(7-9)12(20)19(8(2)21-11)22-14(17,18)13(15)16/h5-8,13H,3-4H2,1-2H3. The lowest BCUT2D eigenvalue weighted by Gasteiger charge is -2.36. The molecule has 3 nitrogen and oxygen atoms in total. The van der Waals surface area contributed by atoms with E-state index >= 15 is 0 Å². The number of alkyl halides is 4. The zero-order valence-electron chi connectivity index (χ0n) is 12.0. The van der Waals surface area contributed by atoms with E-state index in [2.05, 4.69) is 6.92 Å². The molecule has 0 aliphatic carbocycles. The van der Waals surface area contributed by atoms with Crippen LogP contribution in [0, 0.1) is 0 Å².